The molecule has 0 bridgehead atoms. The van der Waals surface area contributed by atoms with Gasteiger partial charge in [0.05, 0.1) is 18.3 Å². The van der Waals surface area contributed by atoms with Crippen LogP contribution in [0.5, 0.6) is 0 Å². The van der Waals surface area contributed by atoms with Gasteiger partial charge in [0.25, 0.3) is 0 Å². The van der Waals surface area contributed by atoms with Gasteiger partial charge in [0.1, 0.15) is 5.82 Å². The molecular formula is C13H19FN2O. The molecule has 1 saturated heterocycles. The molecule has 4 heteroatoms. The number of aliphatic hydroxyl groups is 1. The summed E-state index contributed by atoms with van der Waals surface area (Å²) in [5, 5.41) is 9.32. The fourth-order valence-corrected chi connectivity index (χ4v) is 2.52. The Hall–Kier alpha value is -1.13. The third-order valence-corrected chi connectivity index (χ3v) is 3.38. The molecule has 1 aliphatic rings. The lowest BCUT2D eigenvalue weighted by molar-refractivity contribution is 0.266. The highest BCUT2D eigenvalue weighted by atomic mass is 19.1. The molecule has 1 unspecified atom stereocenters. The van der Waals surface area contributed by atoms with E-state index in [1.165, 1.54) is 6.07 Å². The molecule has 0 spiro atoms. The van der Waals surface area contributed by atoms with Crippen molar-refractivity contribution < 1.29 is 9.50 Å². The van der Waals surface area contributed by atoms with Crippen LogP contribution in [-0.4, -0.2) is 24.3 Å². The number of hydrogen-bond donors (Lipinski definition) is 2. The minimum absolute atomic E-state index is 0.0180. The summed E-state index contributed by atoms with van der Waals surface area (Å²) >= 11 is 0. The highest BCUT2D eigenvalue weighted by molar-refractivity contribution is 5.57. The highest BCUT2D eigenvalue weighted by Gasteiger charge is 2.28. The average molecular weight is 238 g/mol. The molecule has 1 aromatic carbocycles. The van der Waals surface area contributed by atoms with E-state index in [1.54, 1.807) is 6.07 Å². The fourth-order valence-electron chi connectivity index (χ4n) is 2.52. The van der Waals surface area contributed by atoms with Crippen molar-refractivity contribution in [1.82, 2.24) is 0 Å². The number of nitrogens with two attached hydrogens (primary N) is 1. The van der Waals surface area contributed by atoms with Crippen molar-refractivity contribution in [2.45, 2.75) is 31.8 Å². The van der Waals surface area contributed by atoms with E-state index in [0.717, 1.165) is 24.9 Å². The maximum atomic E-state index is 14.0. The maximum Gasteiger partial charge on any atom is 0.146 e. The SMILES string of the molecule is C[C@@H](N)c1cccc(F)c1N1CCCC1CO. The van der Waals surface area contributed by atoms with Gasteiger partial charge in [-0.2, -0.15) is 0 Å². The van der Waals surface area contributed by atoms with Crippen molar-refractivity contribution in [3.8, 4) is 0 Å². The number of aliphatic hydroxyl groups excluding tert-OH is 1. The first-order chi connectivity index (χ1) is 8.15. The second kappa shape index (κ2) is 5.02. The van der Waals surface area contributed by atoms with Crippen LogP contribution in [-0.2, 0) is 0 Å². The topological polar surface area (TPSA) is 49.5 Å². The summed E-state index contributed by atoms with van der Waals surface area (Å²) in [5.74, 6) is -0.250. The standard InChI is InChI=1S/C13H19FN2O/c1-9(15)11-5-2-6-12(14)13(11)16-7-3-4-10(16)8-17/h2,5-6,9-10,17H,3-4,7-8,15H2,1H3/t9-,10?/m1/s1. The zero-order valence-corrected chi connectivity index (χ0v) is 10.1. The largest absolute Gasteiger partial charge is 0.394 e. The van der Waals surface area contributed by atoms with Crippen LogP contribution in [0, 0.1) is 5.82 Å². The van der Waals surface area contributed by atoms with Gasteiger partial charge in [-0.25, -0.2) is 4.39 Å². The predicted molar refractivity (Wildman–Crippen MR) is 66.5 cm³/mol. The molecule has 17 heavy (non-hydrogen) atoms. The first kappa shape index (κ1) is 12.3. The van der Waals surface area contributed by atoms with Crippen LogP contribution in [0.4, 0.5) is 10.1 Å². The summed E-state index contributed by atoms with van der Waals surface area (Å²) in [7, 11) is 0. The number of halogens is 1. The Morgan fingerprint density at radius 3 is 3.00 bits per heavy atom. The first-order valence-corrected chi connectivity index (χ1v) is 6.06. The molecule has 1 heterocycles. The summed E-state index contributed by atoms with van der Waals surface area (Å²) < 4.78 is 14.0. The minimum Gasteiger partial charge on any atom is -0.394 e. The second-order valence-corrected chi connectivity index (χ2v) is 4.64. The van der Waals surface area contributed by atoms with E-state index in [9.17, 15) is 9.50 Å². The van der Waals surface area contributed by atoms with E-state index in [-0.39, 0.29) is 24.5 Å². The average Bonchev–Trinajstić information content (AvgIpc) is 2.76. The molecule has 0 amide bonds. The molecule has 0 radical (unpaired) electrons. The summed E-state index contributed by atoms with van der Waals surface area (Å²) in [5.41, 5.74) is 7.26. The van der Waals surface area contributed by atoms with Gasteiger partial charge in [0, 0.05) is 12.6 Å². The molecule has 3 N–H and O–H groups in total. The van der Waals surface area contributed by atoms with E-state index >= 15 is 0 Å². The van der Waals surface area contributed by atoms with Gasteiger partial charge in [0.2, 0.25) is 0 Å². The molecule has 2 rings (SSSR count). The molecule has 1 aliphatic heterocycles. The Balaban J connectivity index is 2.42. The van der Waals surface area contributed by atoms with Gasteiger partial charge in [-0.15, -0.1) is 0 Å². The quantitative estimate of drug-likeness (QED) is 0.844. The van der Waals surface area contributed by atoms with Gasteiger partial charge in [-0.05, 0) is 31.4 Å². The Kier molecular flexibility index (Phi) is 3.64. The van der Waals surface area contributed by atoms with Crippen LogP contribution in [0.15, 0.2) is 18.2 Å². The Morgan fingerprint density at radius 2 is 2.35 bits per heavy atom. The smallest absolute Gasteiger partial charge is 0.146 e. The number of benzene rings is 1. The number of nitrogens with zero attached hydrogens (tertiary/aromatic N) is 1. The lowest BCUT2D eigenvalue weighted by atomic mass is 10.0. The Bertz CT molecular complexity index is 395. The van der Waals surface area contributed by atoms with Crippen LogP contribution < -0.4 is 10.6 Å². The van der Waals surface area contributed by atoms with Crippen LogP contribution in [0.25, 0.3) is 0 Å². The Labute approximate surface area is 101 Å². The minimum atomic E-state index is -0.250. The number of hydrogen-bond acceptors (Lipinski definition) is 3. The van der Waals surface area contributed by atoms with Gasteiger partial charge in [0.15, 0.2) is 0 Å². The molecular weight excluding hydrogens is 219 g/mol. The van der Waals surface area contributed by atoms with Crippen molar-refractivity contribution in [1.29, 1.82) is 0 Å². The zero-order valence-electron chi connectivity index (χ0n) is 10.1. The van der Waals surface area contributed by atoms with Crippen LogP contribution in [0.3, 0.4) is 0 Å². The summed E-state index contributed by atoms with van der Waals surface area (Å²) in [6.45, 7) is 2.70. The third kappa shape index (κ3) is 2.28. The van der Waals surface area contributed by atoms with E-state index in [1.807, 2.05) is 17.9 Å². The molecule has 94 valence electrons. The summed E-state index contributed by atoms with van der Waals surface area (Å²) in [6.07, 6.45) is 1.89. The summed E-state index contributed by atoms with van der Waals surface area (Å²) in [6, 6.07) is 4.80. The van der Waals surface area contributed by atoms with E-state index in [0.29, 0.717) is 5.69 Å². The van der Waals surface area contributed by atoms with Crippen molar-refractivity contribution in [2.75, 3.05) is 18.1 Å². The van der Waals surface area contributed by atoms with Crippen molar-refractivity contribution in [2.24, 2.45) is 5.73 Å². The van der Waals surface area contributed by atoms with E-state index in [4.69, 9.17) is 5.73 Å². The molecule has 0 aliphatic carbocycles. The molecule has 3 nitrogen and oxygen atoms in total. The normalized spacial score (nSPS) is 21.9. The molecule has 0 saturated carbocycles. The van der Waals surface area contributed by atoms with Crippen molar-refractivity contribution in [3.63, 3.8) is 0 Å². The van der Waals surface area contributed by atoms with E-state index in [2.05, 4.69) is 0 Å². The fraction of sp³-hybridized carbons (Fsp3) is 0.538. The number of anilines is 1. The van der Waals surface area contributed by atoms with Gasteiger partial charge < -0.3 is 15.7 Å². The monoisotopic (exact) mass is 238 g/mol. The number of para-hydroxylation sites is 1. The van der Waals surface area contributed by atoms with Gasteiger partial charge in [-0.1, -0.05) is 12.1 Å². The molecule has 0 aromatic heterocycles. The zero-order chi connectivity index (χ0) is 12.4. The Morgan fingerprint density at radius 1 is 1.59 bits per heavy atom. The molecule has 1 fully saturated rings. The maximum absolute atomic E-state index is 14.0. The van der Waals surface area contributed by atoms with Crippen molar-refractivity contribution >= 4 is 5.69 Å². The predicted octanol–water partition coefficient (Wildman–Crippen LogP) is 1.81. The third-order valence-electron chi connectivity index (χ3n) is 3.38. The summed E-state index contributed by atoms with van der Waals surface area (Å²) in [4.78, 5) is 1.95. The highest BCUT2D eigenvalue weighted by Crippen LogP contribution is 2.33. The van der Waals surface area contributed by atoms with Gasteiger partial charge in [-0.3, -0.25) is 0 Å². The lowest BCUT2D eigenvalue weighted by Gasteiger charge is -2.29. The van der Waals surface area contributed by atoms with E-state index < -0.39 is 0 Å². The molecule has 2 atom stereocenters. The van der Waals surface area contributed by atoms with Gasteiger partial charge >= 0.3 is 0 Å². The number of rotatable bonds is 3. The van der Waals surface area contributed by atoms with Crippen LogP contribution >= 0.6 is 0 Å². The first-order valence-electron chi connectivity index (χ1n) is 6.06. The van der Waals surface area contributed by atoms with Crippen LogP contribution in [0.2, 0.25) is 0 Å². The molecule has 1 aromatic rings. The second-order valence-electron chi connectivity index (χ2n) is 4.64. The van der Waals surface area contributed by atoms with Crippen molar-refractivity contribution in [3.05, 3.63) is 29.6 Å². The lowest BCUT2D eigenvalue weighted by Crippen LogP contribution is -2.34. The van der Waals surface area contributed by atoms with Crippen LogP contribution in [0.1, 0.15) is 31.4 Å².